The van der Waals surface area contributed by atoms with E-state index in [1.165, 1.54) is 0 Å². The predicted molar refractivity (Wildman–Crippen MR) is 99.0 cm³/mol. The van der Waals surface area contributed by atoms with Crippen LogP contribution in [0.5, 0.6) is 5.75 Å². The second-order valence-electron chi connectivity index (χ2n) is 7.05. The topological polar surface area (TPSA) is 67.9 Å². The van der Waals surface area contributed by atoms with Crippen LogP contribution in [0.15, 0.2) is 22.7 Å². The maximum atomic E-state index is 12.9. The monoisotopic (exact) mass is 412 g/mol. The van der Waals surface area contributed by atoms with Gasteiger partial charge in [-0.05, 0) is 61.7 Å². The predicted octanol–water partition coefficient (Wildman–Crippen LogP) is 3.59. The van der Waals surface area contributed by atoms with Crippen LogP contribution >= 0.6 is 15.9 Å². The normalized spacial score (nSPS) is 17.8. The molecule has 0 bridgehead atoms. The van der Waals surface area contributed by atoms with Gasteiger partial charge in [-0.25, -0.2) is 4.79 Å². The summed E-state index contributed by atoms with van der Waals surface area (Å²) in [7, 11) is 1.54. The first-order valence-corrected chi connectivity index (χ1v) is 9.12. The molecule has 1 N–H and O–H groups in total. The smallest absolute Gasteiger partial charge is 0.407 e. The Bertz CT molecular complexity index is 642. The van der Waals surface area contributed by atoms with Gasteiger partial charge in [0.2, 0.25) is 0 Å². The molecule has 0 aliphatic carbocycles. The Labute approximate surface area is 157 Å². The lowest BCUT2D eigenvalue weighted by Gasteiger charge is -2.34. The van der Waals surface area contributed by atoms with E-state index < -0.39 is 11.7 Å². The van der Waals surface area contributed by atoms with Crippen molar-refractivity contribution in [2.24, 2.45) is 0 Å². The second-order valence-corrected chi connectivity index (χ2v) is 7.91. The summed E-state index contributed by atoms with van der Waals surface area (Å²) in [6, 6.07) is 5.28. The molecular weight excluding hydrogens is 388 g/mol. The largest absolute Gasteiger partial charge is 0.496 e. The zero-order chi connectivity index (χ0) is 18.6. The molecule has 1 atom stereocenters. The minimum Gasteiger partial charge on any atom is -0.496 e. The minimum absolute atomic E-state index is 0.111. The number of nitrogens with zero attached hydrogens (tertiary/aromatic N) is 1. The van der Waals surface area contributed by atoms with Gasteiger partial charge in [-0.1, -0.05) is 6.07 Å². The fourth-order valence-electron chi connectivity index (χ4n) is 2.79. The van der Waals surface area contributed by atoms with Crippen molar-refractivity contribution in [3.8, 4) is 5.75 Å². The molecule has 1 heterocycles. The number of hydrogen-bond donors (Lipinski definition) is 1. The number of amides is 2. The van der Waals surface area contributed by atoms with Gasteiger partial charge in [0.15, 0.2) is 0 Å². The second kappa shape index (κ2) is 8.08. The first kappa shape index (κ1) is 19.6. The van der Waals surface area contributed by atoms with Crippen molar-refractivity contribution in [1.29, 1.82) is 0 Å². The van der Waals surface area contributed by atoms with E-state index in [-0.39, 0.29) is 11.9 Å². The molecule has 0 radical (unpaired) electrons. The number of methoxy groups -OCH3 is 1. The van der Waals surface area contributed by atoms with Gasteiger partial charge >= 0.3 is 6.09 Å². The quantitative estimate of drug-likeness (QED) is 0.823. The van der Waals surface area contributed by atoms with Crippen molar-refractivity contribution in [2.45, 2.75) is 45.3 Å². The van der Waals surface area contributed by atoms with Gasteiger partial charge in [0, 0.05) is 23.6 Å². The Balaban J connectivity index is 2.06. The first-order chi connectivity index (χ1) is 11.7. The van der Waals surface area contributed by atoms with Gasteiger partial charge in [-0.15, -0.1) is 0 Å². The van der Waals surface area contributed by atoms with E-state index in [1.54, 1.807) is 18.1 Å². The van der Waals surface area contributed by atoms with Crippen LogP contribution in [0, 0.1) is 0 Å². The van der Waals surface area contributed by atoms with Crippen LogP contribution in [0.25, 0.3) is 0 Å². The molecule has 2 rings (SSSR count). The molecule has 0 spiro atoms. The average Bonchev–Trinajstić information content (AvgIpc) is 2.52. The Morgan fingerprint density at radius 2 is 2.04 bits per heavy atom. The Morgan fingerprint density at radius 1 is 1.32 bits per heavy atom. The van der Waals surface area contributed by atoms with Crippen LogP contribution in [0.2, 0.25) is 0 Å². The van der Waals surface area contributed by atoms with Crippen LogP contribution in [0.4, 0.5) is 4.79 Å². The summed E-state index contributed by atoms with van der Waals surface area (Å²) in [6.07, 6.45) is 1.18. The third-order valence-corrected chi connectivity index (χ3v) is 4.50. The lowest BCUT2D eigenvalue weighted by atomic mass is 10.0. The molecule has 1 aromatic carbocycles. The molecule has 1 aromatic rings. The number of carbonyl (C=O) groups is 2. The molecule has 1 aliphatic heterocycles. The van der Waals surface area contributed by atoms with Crippen LogP contribution < -0.4 is 10.1 Å². The van der Waals surface area contributed by atoms with E-state index in [0.717, 1.165) is 12.8 Å². The molecule has 1 saturated heterocycles. The van der Waals surface area contributed by atoms with Gasteiger partial charge in [-0.3, -0.25) is 4.79 Å². The molecule has 7 heteroatoms. The summed E-state index contributed by atoms with van der Waals surface area (Å²) < 4.78 is 11.3. The number of carbonyl (C=O) groups excluding carboxylic acids is 2. The molecule has 6 nitrogen and oxygen atoms in total. The standard InChI is InChI=1S/C18H25BrN2O4/c1-18(2,3)25-17(23)20-12-7-6-10-21(11-12)16(22)15-13(19)8-5-9-14(15)24-4/h5,8-9,12H,6-7,10-11H2,1-4H3,(H,20,23). The number of benzene rings is 1. The number of ether oxygens (including phenoxy) is 2. The highest BCUT2D eigenvalue weighted by Gasteiger charge is 2.29. The third-order valence-electron chi connectivity index (χ3n) is 3.84. The molecule has 138 valence electrons. The van der Waals surface area contributed by atoms with E-state index >= 15 is 0 Å². The van der Waals surface area contributed by atoms with E-state index in [2.05, 4.69) is 21.2 Å². The fraction of sp³-hybridized carbons (Fsp3) is 0.556. The van der Waals surface area contributed by atoms with Crippen molar-refractivity contribution >= 4 is 27.9 Å². The molecule has 1 fully saturated rings. The van der Waals surface area contributed by atoms with Gasteiger partial charge in [0.25, 0.3) is 5.91 Å². The Kier molecular flexibility index (Phi) is 6.32. The molecule has 25 heavy (non-hydrogen) atoms. The van der Waals surface area contributed by atoms with Crippen LogP contribution in [0.3, 0.4) is 0 Å². The number of hydrogen-bond acceptors (Lipinski definition) is 4. The van der Waals surface area contributed by atoms with Crippen molar-refractivity contribution in [3.05, 3.63) is 28.2 Å². The van der Waals surface area contributed by atoms with Crippen LogP contribution in [-0.2, 0) is 4.74 Å². The van der Waals surface area contributed by atoms with Crippen molar-refractivity contribution in [3.63, 3.8) is 0 Å². The summed E-state index contributed by atoms with van der Waals surface area (Å²) >= 11 is 3.43. The van der Waals surface area contributed by atoms with Crippen molar-refractivity contribution < 1.29 is 19.1 Å². The molecule has 0 saturated carbocycles. The van der Waals surface area contributed by atoms with E-state index in [1.807, 2.05) is 32.9 Å². The SMILES string of the molecule is COc1cccc(Br)c1C(=O)N1CCCC(NC(=O)OC(C)(C)C)C1. The number of piperidine rings is 1. The van der Waals surface area contributed by atoms with E-state index in [0.29, 0.717) is 28.9 Å². The summed E-state index contributed by atoms with van der Waals surface area (Å²) in [5.41, 5.74) is -0.0424. The van der Waals surface area contributed by atoms with Gasteiger partial charge < -0.3 is 19.7 Å². The maximum Gasteiger partial charge on any atom is 0.407 e. The number of nitrogens with one attached hydrogen (secondary N) is 1. The molecule has 0 aromatic heterocycles. The Morgan fingerprint density at radius 3 is 2.68 bits per heavy atom. The molecular formula is C18H25BrN2O4. The zero-order valence-corrected chi connectivity index (χ0v) is 16.7. The number of alkyl carbamates (subject to hydrolysis) is 1. The van der Waals surface area contributed by atoms with E-state index in [4.69, 9.17) is 9.47 Å². The average molecular weight is 413 g/mol. The first-order valence-electron chi connectivity index (χ1n) is 8.32. The zero-order valence-electron chi connectivity index (χ0n) is 15.1. The minimum atomic E-state index is -0.545. The summed E-state index contributed by atoms with van der Waals surface area (Å²) in [6.45, 7) is 6.56. The van der Waals surface area contributed by atoms with E-state index in [9.17, 15) is 9.59 Å². The number of rotatable bonds is 3. The van der Waals surface area contributed by atoms with Gasteiger partial charge in [-0.2, -0.15) is 0 Å². The van der Waals surface area contributed by atoms with Crippen molar-refractivity contribution in [1.82, 2.24) is 10.2 Å². The number of likely N-dealkylation sites (tertiary alicyclic amines) is 1. The fourth-order valence-corrected chi connectivity index (χ4v) is 3.31. The van der Waals surface area contributed by atoms with Gasteiger partial charge in [0.1, 0.15) is 11.4 Å². The molecule has 1 unspecified atom stereocenters. The molecule has 1 aliphatic rings. The summed E-state index contributed by atoms with van der Waals surface area (Å²) in [4.78, 5) is 26.6. The van der Waals surface area contributed by atoms with Gasteiger partial charge in [0.05, 0.1) is 12.7 Å². The highest BCUT2D eigenvalue weighted by molar-refractivity contribution is 9.10. The summed E-state index contributed by atoms with van der Waals surface area (Å²) in [5.74, 6) is 0.418. The lowest BCUT2D eigenvalue weighted by molar-refractivity contribution is 0.0451. The maximum absolute atomic E-state index is 12.9. The highest BCUT2D eigenvalue weighted by atomic mass is 79.9. The summed E-state index contributed by atoms with van der Waals surface area (Å²) in [5, 5.41) is 2.86. The highest BCUT2D eigenvalue weighted by Crippen LogP contribution is 2.29. The van der Waals surface area contributed by atoms with Crippen molar-refractivity contribution in [2.75, 3.05) is 20.2 Å². The van der Waals surface area contributed by atoms with Crippen LogP contribution in [-0.4, -0.2) is 48.7 Å². The Hall–Kier alpha value is -1.76. The lowest BCUT2D eigenvalue weighted by Crippen LogP contribution is -2.50. The third kappa shape index (κ3) is 5.36. The molecule has 2 amide bonds. The number of halogens is 1. The van der Waals surface area contributed by atoms with Crippen LogP contribution in [0.1, 0.15) is 44.0 Å².